The predicted octanol–water partition coefficient (Wildman–Crippen LogP) is 0.914. The fourth-order valence-electron chi connectivity index (χ4n) is 2.29. The molecule has 0 amide bonds. The number of ether oxygens (including phenoxy) is 2. The molecule has 2 saturated heterocycles. The summed E-state index contributed by atoms with van der Waals surface area (Å²) in [4.78, 5) is 11.1. The van der Waals surface area contributed by atoms with Crippen molar-refractivity contribution >= 4 is 6.29 Å². The van der Waals surface area contributed by atoms with Gasteiger partial charge in [0.15, 0.2) is 11.9 Å². The van der Waals surface area contributed by atoms with Gasteiger partial charge in [0, 0.05) is 6.42 Å². The second kappa shape index (κ2) is 3.38. The number of terminal acetylenes is 1. The summed E-state index contributed by atoms with van der Waals surface area (Å²) >= 11 is 0. The van der Waals surface area contributed by atoms with Crippen LogP contribution in [0.4, 0.5) is 0 Å². The predicted molar refractivity (Wildman–Crippen MR) is 50.7 cm³/mol. The molecule has 76 valence electrons. The lowest BCUT2D eigenvalue weighted by Gasteiger charge is -2.36. The van der Waals surface area contributed by atoms with Gasteiger partial charge in [-0.1, -0.05) is 5.92 Å². The quantitative estimate of drug-likeness (QED) is 0.460. The molecule has 2 rings (SSSR count). The fourth-order valence-corrected chi connectivity index (χ4v) is 2.29. The Morgan fingerprint density at radius 1 is 1.57 bits per heavy atom. The molecule has 2 heterocycles. The van der Waals surface area contributed by atoms with E-state index in [1.807, 2.05) is 6.92 Å². The second-order valence-electron chi connectivity index (χ2n) is 4.06. The Balaban J connectivity index is 2.21. The first-order valence-electron chi connectivity index (χ1n) is 4.96. The van der Waals surface area contributed by atoms with E-state index >= 15 is 0 Å². The molecule has 0 aromatic heterocycles. The Kier molecular flexibility index (Phi) is 2.34. The Hall–Kier alpha value is -0.850. The van der Waals surface area contributed by atoms with Gasteiger partial charge >= 0.3 is 0 Å². The van der Waals surface area contributed by atoms with E-state index in [0.29, 0.717) is 6.42 Å². The molecular formula is C11H14O3. The second-order valence-corrected chi connectivity index (χ2v) is 4.06. The highest BCUT2D eigenvalue weighted by molar-refractivity contribution is 5.65. The normalized spacial score (nSPS) is 46.7. The van der Waals surface area contributed by atoms with Crippen LogP contribution < -0.4 is 0 Å². The van der Waals surface area contributed by atoms with E-state index in [2.05, 4.69) is 5.92 Å². The maximum Gasteiger partial charge on any atom is 0.154 e. The third-order valence-electron chi connectivity index (χ3n) is 3.02. The van der Waals surface area contributed by atoms with Crippen LogP contribution in [0.5, 0.6) is 0 Å². The number of hydrogen-bond donors (Lipinski definition) is 0. The zero-order valence-corrected chi connectivity index (χ0v) is 8.23. The van der Waals surface area contributed by atoms with Crippen molar-refractivity contribution in [3.63, 3.8) is 0 Å². The molecule has 2 aliphatic heterocycles. The summed E-state index contributed by atoms with van der Waals surface area (Å²) in [5.41, 5.74) is -0.769. The summed E-state index contributed by atoms with van der Waals surface area (Å²) in [6, 6.07) is 0. The van der Waals surface area contributed by atoms with Gasteiger partial charge in [0.05, 0.1) is 12.2 Å². The largest absolute Gasteiger partial charge is 0.362 e. The van der Waals surface area contributed by atoms with Crippen molar-refractivity contribution in [3.8, 4) is 12.3 Å². The maximum absolute atomic E-state index is 11.1. The lowest BCUT2D eigenvalue weighted by atomic mass is 9.88. The number of carbonyl (C=O) groups excluding carboxylic acids is 1. The first-order valence-corrected chi connectivity index (χ1v) is 4.96. The van der Waals surface area contributed by atoms with E-state index in [-0.39, 0.29) is 18.3 Å². The highest BCUT2D eigenvalue weighted by atomic mass is 16.6. The Morgan fingerprint density at radius 3 is 3.00 bits per heavy atom. The molecule has 0 N–H and O–H groups in total. The third kappa shape index (κ3) is 1.35. The van der Waals surface area contributed by atoms with Gasteiger partial charge in [0.1, 0.15) is 6.10 Å². The molecule has 14 heavy (non-hydrogen) atoms. The maximum atomic E-state index is 11.1. The summed E-state index contributed by atoms with van der Waals surface area (Å²) in [5.74, 6) is 2.53. The molecule has 3 nitrogen and oxygen atoms in total. The van der Waals surface area contributed by atoms with Crippen LogP contribution >= 0.6 is 0 Å². The molecule has 0 spiro atoms. The van der Waals surface area contributed by atoms with E-state index in [1.165, 1.54) is 0 Å². The van der Waals surface area contributed by atoms with Crippen LogP contribution in [-0.2, 0) is 14.3 Å². The van der Waals surface area contributed by atoms with Gasteiger partial charge in [0.2, 0.25) is 0 Å². The molecule has 2 fully saturated rings. The fraction of sp³-hybridized carbons (Fsp3) is 0.727. The standard InChI is InChI=1S/C11H14O3/c1-3-9-6-11(7-12)10(13-9)5-4-8(2)14-11/h1,7-10H,4-6H2,2H3/t8-,9-,10-,11+/m0/s1. The number of hydrogen-bond acceptors (Lipinski definition) is 3. The average molecular weight is 194 g/mol. The van der Waals surface area contributed by atoms with Gasteiger partial charge in [0.25, 0.3) is 0 Å². The minimum Gasteiger partial charge on any atom is -0.362 e. The lowest BCUT2D eigenvalue weighted by Crippen LogP contribution is -2.48. The van der Waals surface area contributed by atoms with Gasteiger partial charge in [-0.3, -0.25) is 0 Å². The molecule has 3 heteroatoms. The molecule has 0 bridgehead atoms. The van der Waals surface area contributed by atoms with Crippen molar-refractivity contribution in [2.45, 2.75) is 50.1 Å². The Labute approximate surface area is 83.8 Å². The van der Waals surface area contributed by atoms with Gasteiger partial charge in [-0.2, -0.15) is 0 Å². The minimum absolute atomic E-state index is 0.122. The Morgan fingerprint density at radius 2 is 2.36 bits per heavy atom. The Bertz CT molecular complexity index is 281. The first-order chi connectivity index (χ1) is 6.70. The third-order valence-corrected chi connectivity index (χ3v) is 3.02. The number of carbonyl (C=O) groups is 1. The van der Waals surface area contributed by atoms with Crippen LogP contribution in [0.3, 0.4) is 0 Å². The topological polar surface area (TPSA) is 35.5 Å². The van der Waals surface area contributed by atoms with E-state index in [9.17, 15) is 4.79 Å². The number of rotatable bonds is 1. The number of aldehydes is 1. The molecule has 0 radical (unpaired) electrons. The molecule has 0 unspecified atom stereocenters. The van der Waals surface area contributed by atoms with Crippen molar-refractivity contribution in [1.29, 1.82) is 0 Å². The van der Waals surface area contributed by atoms with Crippen LogP contribution in [0.15, 0.2) is 0 Å². The van der Waals surface area contributed by atoms with Crippen molar-refractivity contribution in [3.05, 3.63) is 0 Å². The van der Waals surface area contributed by atoms with Crippen LogP contribution in [0.1, 0.15) is 26.2 Å². The molecule has 0 aromatic carbocycles. The molecule has 4 atom stereocenters. The molecule has 0 aliphatic carbocycles. The highest BCUT2D eigenvalue weighted by Gasteiger charge is 2.52. The number of fused-ring (bicyclic) bond motifs is 1. The van der Waals surface area contributed by atoms with E-state index in [0.717, 1.165) is 19.1 Å². The summed E-state index contributed by atoms with van der Waals surface area (Å²) in [7, 11) is 0. The summed E-state index contributed by atoms with van der Waals surface area (Å²) in [6.45, 7) is 1.98. The van der Waals surface area contributed by atoms with Crippen molar-refractivity contribution in [2.24, 2.45) is 0 Å². The van der Waals surface area contributed by atoms with Gasteiger partial charge in [-0.25, -0.2) is 0 Å². The van der Waals surface area contributed by atoms with Crippen molar-refractivity contribution in [1.82, 2.24) is 0 Å². The molecule has 2 aliphatic rings. The average Bonchev–Trinajstić information content (AvgIpc) is 2.56. The van der Waals surface area contributed by atoms with Crippen LogP contribution in [0.25, 0.3) is 0 Å². The molecule has 0 aromatic rings. The van der Waals surface area contributed by atoms with Crippen LogP contribution in [0.2, 0.25) is 0 Å². The van der Waals surface area contributed by atoms with E-state index in [4.69, 9.17) is 15.9 Å². The zero-order chi connectivity index (χ0) is 10.2. The summed E-state index contributed by atoms with van der Waals surface area (Å²) in [5, 5.41) is 0. The van der Waals surface area contributed by atoms with E-state index < -0.39 is 5.60 Å². The lowest BCUT2D eigenvalue weighted by molar-refractivity contribution is -0.165. The van der Waals surface area contributed by atoms with E-state index in [1.54, 1.807) is 0 Å². The van der Waals surface area contributed by atoms with Gasteiger partial charge < -0.3 is 14.3 Å². The molecular weight excluding hydrogens is 180 g/mol. The van der Waals surface area contributed by atoms with Gasteiger partial charge in [-0.05, 0) is 19.8 Å². The van der Waals surface area contributed by atoms with Gasteiger partial charge in [-0.15, -0.1) is 6.42 Å². The first kappa shape index (κ1) is 9.70. The van der Waals surface area contributed by atoms with Crippen molar-refractivity contribution < 1.29 is 14.3 Å². The minimum atomic E-state index is -0.769. The zero-order valence-electron chi connectivity index (χ0n) is 8.23. The molecule has 0 saturated carbocycles. The van der Waals surface area contributed by atoms with Crippen molar-refractivity contribution in [2.75, 3.05) is 0 Å². The smallest absolute Gasteiger partial charge is 0.154 e. The van der Waals surface area contributed by atoms with Crippen LogP contribution in [0, 0.1) is 12.3 Å². The SMILES string of the molecule is C#C[C@H]1C[C@]2(C=O)O[C@@H](C)CC[C@@H]2O1. The summed E-state index contributed by atoms with van der Waals surface area (Å²) < 4.78 is 11.3. The van der Waals surface area contributed by atoms with Crippen LogP contribution in [-0.4, -0.2) is 30.2 Å². The highest BCUT2D eigenvalue weighted by Crippen LogP contribution is 2.39. The summed E-state index contributed by atoms with van der Waals surface area (Å²) in [6.07, 6.45) is 8.16. The monoisotopic (exact) mass is 194 g/mol.